The lowest BCUT2D eigenvalue weighted by Crippen LogP contribution is -2.57. The van der Waals surface area contributed by atoms with Crippen molar-refractivity contribution in [2.24, 2.45) is 35.5 Å². The van der Waals surface area contributed by atoms with Gasteiger partial charge in [0, 0.05) is 17.9 Å². The van der Waals surface area contributed by atoms with Crippen LogP contribution in [0.2, 0.25) is 0 Å². The van der Waals surface area contributed by atoms with E-state index in [-0.39, 0.29) is 41.7 Å². The van der Waals surface area contributed by atoms with E-state index in [0.717, 1.165) is 25.7 Å². The summed E-state index contributed by atoms with van der Waals surface area (Å²) in [5.74, 6) is 0.637. The van der Waals surface area contributed by atoms with E-state index in [9.17, 15) is 9.59 Å². The van der Waals surface area contributed by atoms with E-state index < -0.39 is 5.60 Å². The molecule has 1 saturated heterocycles. The number of rotatable bonds is 7. The first-order valence-corrected chi connectivity index (χ1v) is 9.46. The molecule has 3 aliphatic rings. The van der Waals surface area contributed by atoms with Crippen LogP contribution in [0.5, 0.6) is 0 Å². The summed E-state index contributed by atoms with van der Waals surface area (Å²) in [5, 5.41) is 0. The largest absolute Gasteiger partial charge is 0.462 e. The van der Waals surface area contributed by atoms with Crippen LogP contribution in [-0.2, 0) is 19.1 Å². The van der Waals surface area contributed by atoms with Crippen LogP contribution in [0.4, 0.5) is 0 Å². The quantitative estimate of drug-likeness (QED) is 0.526. The molecule has 7 unspecified atom stereocenters. The standard InChI is InChI=1S/C20H30O4/c1-6-11(4)20(12(5)7-2,24-16(21)8-3)18-13-9-14-15(10-13)23-19(22)17(14)18/h8,11-15,17-18H,3,6-7,9-10H2,1-2,4-5H3. The molecule has 4 heteroatoms. The smallest absolute Gasteiger partial charge is 0.330 e. The van der Waals surface area contributed by atoms with Gasteiger partial charge in [0.25, 0.3) is 0 Å². The zero-order chi connectivity index (χ0) is 17.6. The Kier molecular flexibility index (Phi) is 4.52. The minimum Gasteiger partial charge on any atom is -0.462 e. The van der Waals surface area contributed by atoms with Crippen LogP contribution in [0, 0.1) is 35.5 Å². The number of carbonyl (C=O) groups excluding carboxylic acids is 2. The molecule has 3 fully saturated rings. The van der Waals surface area contributed by atoms with E-state index >= 15 is 0 Å². The summed E-state index contributed by atoms with van der Waals surface area (Å²) < 4.78 is 11.8. The first-order chi connectivity index (χ1) is 11.4. The fraction of sp³-hybridized carbons (Fsp3) is 0.800. The topological polar surface area (TPSA) is 52.6 Å². The summed E-state index contributed by atoms with van der Waals surface area (Å²) in [7, 11) is 0. The van der Waals surface area contributed by atoms with Crippen molar-refractivity contribution in [3.63, 3.8) is 0 Å². The SMILES string of the molecule is C=CC(=O)OC(C(C)CC)(C(C)CC)C1C2CC3OC(=O)C1C3C2. The molecule has 1 heterocycles. The zero-order valence-corrected chi connectivity index (χ0v) is 15.3. The van der Waals surface area contributed by atoms with Crippen molar-refractivity contribution in [1.82, 2.24) is 0 Å². The Hall–Kier alpha value is -1.32. The molecule has 0 aromatic carbocycles. The van der Waals surface area contributed by atoms with Crippen molar-refractivity contribution in [1.29, 1.82) is 0 Å². The first-order valence-electron chi connectivity index (χ1n) is 9.46. The van der Waals surface area contributed by atoms with Crippen LogP contribution >= 0.6 is 0 Å². The number of ether oxygens (including phenoxy) is 2. The molecule has 7 atom stereocenters. The Morgan fingerprint density at radius 2 is 1.96 bits per heavy atom. The first kappa shape index (κ1) is 17.5. The van der Waals surface area contributed by atoms with Gasteiger partial charge < -0.3 is 9.47 Å². The summed E-state index contributed by atoms with van der Waals surface area (Å²) >= 11 is 0. The summed E-state index contributed by atoms with van der Waals surface area (Å²) in [6.07, 6.45) is 5.14. The summed E-state index contributed by atoms with van der Waals surface area (Å²) in [5.41, 5.74) is -0.618. The van der Waals surface area contributed by atoms with Crippen molar-refractivity contribution in [2.75, 3.05) is 0 Å². The molecule has 24 heavy (non-hydrogen) atoms. The molecular weight excluding hydrogens is 304 g/mol. The highest BCUT2D eigenvalue weighted by Crippen LogP contribution is 2.64. The molecule has 0 aromatic rings. The molecule has 3 rings (SSSR count). The van der Waals surface area contributed by atoms with Gasteiger partial charge in [-0.2, -0.15) is 0 Å². The van der Waals surface area contributed by atoms with Crippen molar-refractivity contribution in [2.45, 2.75) is 65.1 Å². The Labute approximate surface area is 145 Å². The van der Waals surface area contributed by atoms with E-state index in [1.165, 1.54) is 6.08 Å². The van der Waals surface area contributed by atoms with Crippen LogP contribution in [0.25, 0.3) is 0 Å². The second kappa shape index (κ2) is 6.20. The normalized spacial score (nSPS) is 38.3. The Bertz CT molecular complexity index is 528. The molecule has 0 aromatic heterocycles. The zero-order valence-electron chi connectivity index (χ0n) is 15.3. The second-order valence-corrected chi connectivity index (χ2v) is 8.02. The Balaban J connectivity index is 2.08. The van der Waals surface area contributed by atoms with E-state index in [4.69, 9.17) is 9.47 Å². The molecule has 134 valence electrons. The number of hydrogen-bond acceptors (Lipinski definition) is 4. The van der Waals surface area contributed by atoms with Gasteiger partial charge in [-0.25, -0.2) is 4.79 Å². The predicted molar refractivity (Wildman–Crippen MR) is 91.0 cm³/mol. The number of esters is 2. The van der Waals surface area contributed by atoms with Gasteiger partial charge >= 0.3 is 11.9 Å². The molecule has 0 radical (unpaired) electrons. The lowest BCUT2D eigenvalue weighted by atomic mass is 9.60. The third-order valence-electron chi connectivity index (χ3n) is 7.21. The molecular formula is C20H30O4. The minimum atomic E-state index is -0.618. The molecule has 2 saturated carbocycles. The third kappa shape index (κ3) is 2.25. The number of hydrogen-bond donors (Lipinski definition) is 0. The molecule has 2 aliphatic carbocycles. The summed E-state index contributed by atoms with van der Waals surface area (Å²) in [4.78, 5) is 24.8. The van der Waals surface area contributed by atoms with Crippen molar-refractivity contribution in [3.8, 4) is 0 Å². The lowest BCUT2D eigenvalue weighted by Gasteiger charge is -2.50. The average molecular weight is 334 g/mol. The molecule has 0 spiro atoms. The maximum atomic E-state index is 12.5. The van der Waals surface area contributed by atoms with Gasteiger partial charge in [0.2, 0.25) is 0 Å². The van der Waals surface area contributed by atoms with E-state index in [2.05, 4.69) is 34.3 Å². The van der Waals surface area contributed by atoms with Crippen LogP contribution in [0.15, 0.2) is 12.7 Å². The molecule has 4 nitrogen and oxygen atoms in total. The van der Waals surface area contributed by atoms with Crippen LogP contribution in [0.1, 0.15) is 53.4 Å². The van der Waals surface area contributed by atoms with E-state index in [1.54, 1.807) is 0 Å². The maximum Gasteiger partial charge on any atom is 0.330 e. The van der Waals surface area contributed by atoms with Crippen LogP contribution in [0.3, 0.4) is 0 Å². The van der Waals surface area contributed by atoms with Gasteiger partial charge in [0.15, 0.2) is 0 Å². The molecule has 0 N–H and O–H groups in total. The maximum absolute atomic E-state index is 12.5. The van der Waals surface area contributed by atoms with Gasteiger partial charge in [-0.15, -0.1) is 0 Å². The van der Waals surface area contributed by atoms with E-state index in [1.807, 2.05) is 0 Å². The molecule has 2 bridgehead atoms. The van der Waals surface area contributed by atoms with Gasteiger partial charge in [-0.3, -0.25) is 4.79 Å². The van der Waals surface area contributed by atoms with Gasteiger partial charge in [0.05, 0.1) is 5.92 Å². The highest BCUT2D eigenvalue weighted by Gasteiger charge is 2.69. The monoisotopic (exact) mass is 334 g/mol. The van der Waals surface area contributed by atoms with Crippen LogP contribution < -0.4 is 0 Å². The number of fused-ring (bicyclic) bond motifs is 1. The number of carbonyl (C=O) groups is 2. The second-order valence-electron chi connectivity index (χ2n) is 8.02. The molecule has 1 aliphatic heterocycles. The predicted octanol–water partition coefficient (Wildman–Crippen LogP) is 3.74. The summed E-state index contributed by atoms with van der Waals surface area (Å²) in [6.45, 7) is 12.2. The highest BCUT2D eigenvalue weighted by molar-refractivity contribution is 5.82. The minimum absolute atomic E-state index is 0.0689. The third-order valence-corrected chi connectivity index (χ3v) is 7.21. The van der Waals surface area contributed by atoms with Crippen molar-refractivity contribution >= 4 is 11.9 Å². The van der Waals surface area contributed by atoms with Crippen LogP contribution in [-0.4, -0.2) is 23.6 Å². The Morgan fingerprint density at radius 1 is 1.33 bits per heavy atom. The molecule has 0 amide bonds. The van der Waals surface area contributed by atoms with Crippen molar-refractivity contribution < 1.29 is 19.1 Å². The van der Waals surface area contributed by atoms with Crippen molar-refractivity contribution in [3.05, 3.63) is 12.7 Å². The fourth-order valence-electron chi connectivity index (χ4n) is 5.90. The Morgan fingerprint density at radius 3 is 2.50 bits per heavy atom. The van der Waals surface area contributed by atoms with Gasteiger partial charge in [-0.05, 0) is 43.4 Å². The lowest BCUT2D eigenvalue weighted by molar-refractivity contribution is -0.191. The highest BCUT2D eigenvalue weighted by atomic mass is 16.6. The fourth-order valence-corrected chi connectivity index (χ4v) is 5.90. The average Bonchev–Trinajstić information content (AvgIpc) is 3.20. The van der Waals surface area contributed by atoms with Gasteiger partial charge in [-0.1, -0.05) is 34.3 Å². The summed E-state index contributed by atoms with van der Waals surface area (Å²) in [6, 6.07) is 0. The van der Waals surface area contributed by atoms with E-state index in [0.29, 0.717) is 11.8 Å². The van der Waals surface area contributed by atoms with Gasteiger partial charge in [0.1, 0.15) is 11.7 Å².